The molecule has 0 unspecified atom stereocenters. The van der Waals surface area contributed by atoms with Gasteiger partial charge in [0.15, 0.2) is 5.76 Å². The lowest BCUT2D eigenvalue weighted by Gasteiger charge is -1.93. The van der Waals surface area contributed by atoms with Crippen molar-refractivity contribution in [2.45, 2.75) is 26.2 Å². The number of nitrogens with zero attached hydrogens (tertiary/aromatic N) is 1. The molecule has 2 heterocycles. The first-order valence-electron chi connectivity index (χ1n) is 5.41. The number of aryl methyl sites for hydroxylation is 2. The molecule has 0 spiro atoms. The average molecular weight is 237 g/mol. The van der Waals surface area contributed by atoms with Crippen LogP contribution in [0.25, 0.3) is 11.5 Å². The monoisotopic (exact) mass is 237 g/mol. The van der Waals surface area contributed by atoms with Crippen LogP contribution in [0.1, 0.15) is 23.6 Å². The molecular formula is C12H15NO2S. The van der Waals surface area contributed by atoms with Crippen molar-refractivity contribution < 1.29 is 9.52 Å². The Morgan fingerprint density at radius 3 is 2.94 bits per heavy atom. The van der Waals surface area contributed by atoms with Crippen molar-refractivity contribution in [2.24, 2.45) is 0 Å². The molecule has 0 aliphatic carbocycles. The minimum absolute atomic E-state index is 0.260. The van der Waals surface area contributed by atoms with Gasteiger partial charge in [0.1, 0.15) is 11.5 Å². The number of rotatable bonds is 5. The van der Waals surface area contributed by atoms with E-state index in [1.54, 1.807) is 11.3 Å². The Morgan fingerprint density at radius 1 is 1.38 bits per heavy atom. The summed E-state index contributed by atoms with van der Waals surface area (Å²) in [5.74, 6) is 1.74. The minimum Gasteiger partial charge on any atom is -0.460 e. The first kappa shape index (κ1) is 11.4. The van der Waals surface area contributed by atoms with Crippen molar-refractivity contribution >= 4 is 11.3 Å². The Balaban J connectivity index is 2.02. The van der Waals surface area contributed by atoms with E-state index in [1.807, 2.05) is 24.4 Å². The first-order valence-corrected chi connectivity index (χ1v) is 6.29. The van der Waals surface area contributed by atoms with Crippen LogP contribution in [-0.2, 0) is 6.42 Å². The highest BCUT2D eigenvalue weighted by Crippen LogP contribution is 2.24. The van der Waals surface area contributed by atoms with Crippen LogP contribution in [0.3, 0.4) is 0 Å². The van der Waals surface area contributed by atoms with Gasteiger partial charge in [0.05, 0.1) is 5.01 Å². The van der Waals surface area contributed by atoms with E-state index >= 15 is 0 Å². The fourth-order valence-electron chi connectivity index (χ4n) is 1.50. The van der Waals surface area contributed by atoms with Crippen LogP contribution >= 0.6 is 11.3 Å². The Kier molecular flexibility index (Phi) is 3.74. The third-order valence-electron chi connectivity index (χ3n) is 2.34. The molecule has 0 aliphatic rings. The van der Waals surface area contributed by atoms with Gasteiger partial charge >= 0.3 is 0 Å². The van der Waals surface area contributed by atoms with E-state index in [0.29, 0.717) is 0 Å². The van der Waals surface area contributed by atoms with E-state index in [9.17, 15) is 0 Å². The van der Waals surface area contributed by atoms with E-state index < -0.39 is 0 Å². The average Bonchev–Trinajstić information content (AvgIpc) is 2.87. The van der Waals surface area contributed by atoms with E-state index in [-0.39, 0.29) is 6.61 Å². The van der Waals surface area contributed by atoms with Crippen molar-refractivity contribution in [1.29, 1.82) is 0 Å². The van der Waals surface area contributed by atoms with E-state index in [2.05, 4.69) is 4.98 Å². The van der Waals surface area contributed by atoms with Crippen LogP contribution in [0.15, 0.2) is 21.9 Å². The second-order valence-electron chi connectivity index (χ2n) is 3.72. The van der Waals surface area contributed by atoms with Crippen LogP contribution < -0.4 is 0 Å². The molecule has 2 aromatic rings. The van der Waals surface area contributed by atoms with Crippen molar-refractivity contribution in [3.05, 3.63) is 28.3 Å². The molecule has 2 aromatic heterocycles. The summed E-state index contributed by atoms with van der Waals surface area (Å²) in [5.41, 5.74) is 0.914. The maximum Gasteiger partial charge on any atom is 0.153 e. The SMILES string of the molecule is Cc1ccc(-c2csc(CCCCO)n2)o1. The first-order chi connectivity index (χ1) is 7.79. The molecule has 3 nitrogen and oxygen atoms in total. The van der Waals surface area contributed by atoms with E-state index in [0.717, 1.165) is 41.5 Å². The molecule has 0 bridgehead atoms. The summed E-state index contributed by atoms with van der Waals surface area (Å²) in [6.07, 6.45) is 2.76. The van der Waals surface area contributed by atoms with Gasteiger partial charge in [0.25, 0.3) is 0 Å². The zero-order valence-electron chi connectivity index (χ0n) is 9.27. The van der Waals surface area contributed by atoms with Crippen LogP contribution in [-0.4, -0.2) is 16.7 Å². The van der Waals surface area contributed by atoms with Gasteiger partial charge in [-0.2, -0.15) is 0 Å². The highest BCUT2D eigenvalue weighted by atomic mass is 32.1. The summed E-state index contributed by atoms with van der Waals surface area (Å²) in [6.45, 7) is 2.19. The summed E-state index contributed by atoms with van der Waals surface area (Å²) < 4.78 is 5.51. The van der Waals surface area contributed by atoms with Gasteiger partial charge in [-0.25, -0.2) is 4.98 Å². The van der Waals surface area contributed by atoms with Gasteiger partial charge in [-0.05, 0) is 38.3 Å². The smallest absolute Gasteiger partial charge is 0.153 e. The van der Waals surface area contributed by atoms with Crippen molar-refractivity contribution in [3.63, 3.8) is 0 Å². The fourth-order valence-corrected chi connectivity index (χ4v) is 2.33. The molecule has 0 radical (unpaired) electrons. The van der Waals surface area contributed by atoms with Crippen LogP contribution in [0.2, 0.25) is 0 Å². The Bertz CT molecular complexity index is 447. The zero-order valence-corrected chi connectivity index (χ0v) is 10.1. The topological polar surface area (TPSA) is 46.3 Å². The number of aromatic nitrogens is 1. The van der Waals surface area contributed by atoms with Gasteiger partial charge in [-0.15, -0.1) is 11.3 Å². The lowest BCUT2D eigenvalue weighted by molar-refractivity contribution is 0.284. The largest absolute Gasteiger partial charge is 0.460 e. The number of aliphatic hydroxyl groups is 1. The maximum absolute atomic E-state index is 8.70. The van der Waals surface area contributed by atoms with Crippen LogP contribution in [0, 0.1) is 6.92 Å². The van der Waals surface area contributed by atoms with Crippen molar-refractivity contribution in [2.75, 3.05) is 6.61 Å². The summed E-state index contributed by atoms with van der Waals surface area (Å²) in [4.78, 5) is 4.51. The van der Waals surface area contributed by atoms with Crippen LogP contribution in [0.4, 0.5) is 0 Å². The molecule has 0 aromatic carbocycles. The lowest BCUT2D eigenvalue weighted by atomic mass is 10.2. The molecular weight excluding hydrogens is 222 g/mol. The summed E-state index contributed by atoms with van der Waals surface area (Å²) in [6, 6.07) is 3.89. The van der Waals surface area contributed by atoms with E-state index in [1.165, 1.54) is 0 Å². The number of furan rings is 1. The zero-order chi connectivity index (χ0) is 11.4. The predicted molar refractivity (Wildman–Crippen MR) is 64.6 cm³/mol. The Hall–Kier alpha value is -1.13. The molecule has 16 heavy (non-hydrogen) atoms. The summed E-state index contributed by atoms with van der Waals surface area (Å²) in [7, 11) is 0. The molecule has 0 atom stereocenters. The molecule has 0 amide bonds. The number of thiazole rings is 1. The highest BCUT2D eigenvalue weighted by molar-refractivity contribution is 7.09. The normalized spacial score (nSPS) is 10.9. The number of unbranched alkanes of at least 4 members (excludes halogenated alkanes) is 1. The second kappa shape index (κ2) is 5.27. The summed E-state index contributed by atoms with van der Waals surface area (Å²) >= 11 is 1.65. The molecule has 0 fully saturated rings. The quantitative estimate of drug-likeness (QED) is 0.813. The summed E-state index contributed by atoms with van der Waals surface area (Å²) in [5, 5.41) is 11.8. The molecule has 0 saturated carbocycles. The minimum atomic E-state index is 0.260. The van der Waals surface area contributed by atoms with Crippen LogP contribution in [0.5, 0.6) is 0 Å². The van der Waals surface area contributed by atoms with Gasteiger partial charge in [-0.3, -0.25) is 0 Å². The molecule has 2 rings (SSSR count). The highest BCUT2D eigenvalue weighted by Gasteiger charge is 2.07. The van der Waals surface area contributed by atoms with Gasteiger partial charge in [-0.1, -0.05) is 0 Å². The second-order valence-corrected chi connectivity index (χ2v) is 4.66. The molecule has 86 valence electrons. The van der Waals surface area contributed by atoms with Crippen molar-refractivity contribution in [1.82, 2.24) is 4.98 Å². The number of aliphatic hydroxyl groups excluding tert-OH is 1. The number of hydrogen-bond acceptors (Lipinski definition) is 4. The molecule has 1 N–H and O–H groups in total. The number of hydrogen-bond donors (Lipinski definition) is 1. The van der Waals surface area contributed by atoms with Gasteiger partial charge in [0.2, 0.25) is 0 Å². The molecule has 4 heteroatoms. The third kappa shape index (κ3) is 2.71. The van der Waals surface area contributed by atoms with Gasteiger partial charge in [0, 0.05) is 12.0 Å². The Morgan fingerprint density at radius 2 is 2.25 bits per heavy atom. The third-order valence-corrected chi connectivity index (χ3v) is 3.25. The maximum atomic E-state index is 8.70. The van der Waals surface area contributed by atoms with Gasteiger partial charge < -0.3 is 9.52 Å². The lowest BCUT2D eigenvalue weighted by Crippen LogP contribution is -1.87. The molecule has 0 aliphatic heterocycles. The standard InChI is InChI=1S/C12H15NO2S/c1-9-5-6-11(15-9)10-8-16-12(13-10)4-2-3-7-14/h5-6,8,14H,2-4,7H2,1H3. The molecule has 0 saturated heterocycles. The predicted octanol–water partition coefficient (Wildman–Crippen LogP) is 3.03. The van der Waals surface area contributed by atoms with E-state index in [4.69, 9.17) is 9.52 Å². The van der Waals surface area contributed by atoms with Crippen molar-refractivity contribution in [3.8, 4) is 11.5 Å². The fraction of sp³-hybridized carbons (Fsp3) is 0.417. The Labute approximate surface area is 98.8 Å².